The minimum absolute atomic E-state index is 0.00533. The predicted molar refractivity (Wildman–Crippen MR) is 62.1 cm³/mol. The summed E-state index contributed by atoms with van der Waals surface area (Å²) in [5.74, 6) is -1.42. The van der Waals surface area contributed by atoms with Crippen LogP contribution >= 0.6 is 0 Å². The van der Waals surface area contributed by atoms with Crippen molar-refractivity contribution in [3.63, 3.8) is 0 Å². The Balaban J connectivity index is 2.17. The van der Waals surface area contributed by atoms with Crippen molar-refractivity contribution >= 4 is 16.1 Å². The molecule has 0 saturated carbocycles. The van der Waals surface area contributed by atoms with Crippen LogP contribution in [0.15, 0.2) is 45.8 Å². The molecule has 0 aliphatic rings. The molecule has 8 heteroatoms. The van der Waals surface area contributed by atoms with Crippen LogP contribution in [0.3, 0.4) is 0 Å². The summed E-state index contributed by atoms with van der Waals surface area (Å²) in [5.41, 5.74) is 0. The monoisotopic (exact) mass is 283 g/mol. The zero-order valence-corrected chi connectivity index (χ0v) is 10.3. The van der Waals surface area contributed by atoms with E-state index in [-0.39, 0.29) is 16.5 Å². The molecule has 1 aromatic heterocycles. The molecular weight excluding hydrogens is 274 g/mol. The molecule has 7 nitrogen and oxygen atoms in total. The normalized spacial score (nSPS) is 11.2. The summed E-state index contributed by atoms with van der Waals surface area (Å²) in [4.78, 5) is 10.4. The highest BCUT2D eigenvalue weighted by Gasteiger charge is 2.19. The predicted octanol–water partition coefficient (Wildman–Crippen LogP) is 1.07. The molecule has 19 heavy (non-hydrogen) atoms. The first-order valence-electron chi connectivity index (χ1n) is 5.14. The second-order valence-corrected chi connectivity index (χ2v) is 5.10. The molecule has 0 aliphatic heterocycles. The van der Waals surface area contributed by atoms with Crippen molar-refractivity contribution < 1.29 is 27.0 Å². The average molecular weight is 283 g/mol. The minimum atomic E-state index is -4.00. The van der Waals surface area contributed by atoms with Gasteiger partial charge in [-0.05, 0) is 17.3 Å². The number of benzene rings is 1. The van der Waals surface area contributed by atoms with Gasteiger partial charge in [0.15, 0.2) is 5.76 Å². The van der Waals surface area contributed by atoms with E-state index < -0.39 is 22.5 Å². The van der Waals surface area contributed by atoms with Crippen LogP contribution in [-0.2, 0) is 21.3 Å². The molecule has 0 saturated heterocycles. The molecule has 1 heterocycles. The van der Waals surface area contributed by atoms with Gasteiger partial charge in [-0.3, -0.25) is 4.79 Å². The maximum Gasteiger partial charge on any atom is 0.340 e. The Kier molecular flexibility index (Phi) is 3.52. The highest BCUT2D eigenvalue weighted by atomic mass is 32.2. The molecule has 1 N–H and O–H groups in total. The number of aromatic nitrogens is 1. The van der Waals surface area contributed by atoms with Crippen molar-refractivity contribution in [2.24, 2.45) is 0 Å². The van der Waals surface area contributed by atoms with Crippen LogP contribution < -0.4 is 4.18 Å². The first kappa shape index (κ1) is 13.1. The van der Waals surface area contributed by atoms with Crippen molar-refractivity contribution in [1.29, 1.82) is 0 Å². The molecule has 0 fully saturated rings. The van der Waals surface area contributed by atoms with Crippen LogP contribution in [0.2, 0.25) is 0 Å². The average Bonchev–Trinajstić information content (AvgIpc) is 2.76. The fraction of sp³-hybridized carbons (Fsp3) is 0.0909. The molecule has 1 aromatic carbocycles. The SMILES string of the molecule is O=C(O)Cc1cc(OS(=O)(=O)c2ccccc2)no1. The van der Waals surface area contributed by atoms with Crippen molar-refractivity contribution in [2.45, 2.75) is 11.3 Å². The summed E-state index contributed by atoms with van der Waals surface area (Å²) in [7, 11) is -4.00. The van der Waals surface area contributed by atoms with Crippen molar-refractivity contribution in [1.82, 2.24) is 5.16 Å². The third-order valence-corrected chi connectivity index (χ3v) is 3.33. The van der Waals surface area contributed by atoms with Crippen LogP contribution in [0.4, 0.5) is 0 Å². The molecule has 2 aromatic rings. The van der Waals surface area contributed by atoms with Gasteiger partial charge in [0.1, 0.15) is 11.3 Å². The largest absolute Gasteiger partial charge is 0.481 e. The molecule has 0 aliphatic carbocycles. The van der Waals surface area contributed by atoms with Crippen LogP contribution in [0.1, 0.15) is 5.76 Å². The van der Waals surface area contributed by atoms with Crippen molar-refractivity contribution in [3.05, 3.63) is 42.2 Å². The van der Waals surface area contributed by atoms with Crippen LogP contribution in [-0.4, -0.2) is 24.7 Å². The maximum atomic E-state index is 11.8. The van der Waals surface area contributed by atoms with E-state index in [1.165, 1.54) is 12.1 Å². The molecule has 0 atom stereocenters. The lowest BCUT2D eigenvalue weighted by Gasteiger charge is -2.02. The zero-order chi connectivity index (χ0) is 13.9. The highest BCUT2D eigenvalue weighted by molar-refractivity contribution is 7.87. The van der Waals surface area contributed by atoms with E-state index in [1.807, 2.05) is 0 Å². The first-order valence-corrected chi connectivity index (χ1v) is 6.55. The van der Waals surface area contributed by atoms with Gasteiger partial charge < -0.3 is 13.8 Å². The molecular formula is C11H9NO6S. The van der Waals surface area contributed by atoms with Crippen LogP contribution in [0.25, 0.3) is 0 Å². The summed E-state index contributed by atoms with van der Waals surface area (Å²) in [6.45, 7) is 0. The van der Waals surface area contributed by atoms with Gasteiger partial charge in [0, 0.05) is 6.07 Å². The topological polar surface area (TPSA) is 107 Å². The zero-order valence-electron chi connectivity index (χ0n) is 9.52. The summed E-state index contributed by atoms with van der Waals surface area (Å²) >= 11 is 0. The molecule has 0 radical (unpaired) electrons. The second kappa shape index (κ2) is 5.11. The van der Waals surface area contributed by atoms with Gasteiger partial charge in [-0.15, -0.1) is 0 Å². The fourth-order valence-electron chi connectivity index (χ4n) is 1.31. The van der Waals surface area contributed by atoms with E-state index in [1.54, 1.807) is 18.2 Å². The Bertz CT molecular complexity index is 676. The number of carboxylic acid groups (broad SMARTS) is 1. The third kappa shape index (κ3) is 3.32. The number of carboxylic acids is 1. The lowest BCUT2D eigenvalue weighted by Crippen LogP contribution is -2.09. The van der Waals surface area contributed by atoms with E-state index >= 15 is 0 Å². The first-order chi connectivity index (χ1) is 8.97. The lowest BCUT2D eigenvalue weighted by atomic mass is 10.3. The highest BCUT2D eigenvalue weighted by Crippen LogP contribution is 2.18. The van der Waals surface area contributed by atoms with Gasteiger partial charge >= 0.3 is 16.1 Å². The Labute approximate surface area is 108 Å². The van der Waals surface area contributed by atoms with Crippen LogP contribution in [0.5, 0.6) is 5.88 Å². The van der Waals surface area contributed by atoms with Crippen LogP contribution in [0, 0.1) is 0 Å². The van der Waals surface area contributed by atoms with E-state index in [0.717, 1.165) is 6.07 Å². The summed E-state index contributed by atoms with van der Waals surface area (Å²) < 4.78 is 33.0. The molecule has 0 amide bonds. The maximum absolute atomic E-state index is 11.8. The molecule has 2 rings (SSSR count). The number of nitrogens with zero attached hydrogens (tertiary/aromatic N) is 1. The Hall–Kier alpha value is -2.35. The Morgan fingerprint density at radius 2 is 2.00 bits per heavy atom. The van der Waals surface area contributed by atoms with E-state index in [0.29, 0.717) is 0 Å². The number of aliphatic carboxylic acids is 1. The lowest BCUT2D eigenvalue weighted by molar-refractivity contribution is -0.136. The third-order valence-electron chi connectivity index (χ3n) is 2.09. The number of carbonyl (C=O) groups is 1. The van der Waals surface area contributed by atoms with Gasteiger partial charge in [0.05, 0.1) is 0 Å². The number of rotatable bonds is 5. The van der Waals surface area contributed by atoms with E-state index in [9.17, 15) is 13.2 Å². The molecule has 100 valence electrons. The fourth-order valence-corrected chi connectivity index (χ4v) is 2.20. The second-order valence-electron chi connectivity index (χ2n) is 3.55. The molecule has 0 unspecified atom stereocenters. The van der Waals surface area contributed by atoms with Gasteiger partial charge in [-0.2, -0.15) is 8.42 Å². The Morgan fingerprint density at radius 3 is 2.63 bits per heavy atom. The van der Waals surface area contributed by atoms with Gasteiger partial charge in [-0.25, -0.2) is 0 Å². The number of hydrogen-bond donors (Lipinski definition) is 1. The smallest absolute Gasteiger partial charge is 0.340 e. The van der Waals surface area contributed by atoms with Crippen molar-refractivity contribution in [3.8, 4) is 5.88 Å². The van der Waals surface area contributed by atoms with Gasteiger partial charge in [0.25, 0.3) is 5.88 Å². The Morgan fingerprint density at radius 1 is 1.32 bits per heavy atom. The summed E-state index contributed by atoms with van der Waals surface area (Å²) in [6, 6.07) is 8.62. The quantitative estimate of drug-likeness (QED) is 0.818. The minimum Gasteiger partial charge on any atom is -0.481 e. The van der Waals surface area contributed by atoms with E-state index in [4.69, 9.17) is 9.29 Å². The standard InChI is InChI=1S/C11H9NO6S/c13-11(14)7-8-6-10(12-17-8)18-19(15,16)9-4-2-1-3-5-9/h1-6H,7H2,(H,13,14). The van der Waals surface area contributed by atoms with Crippen molar-refractivity contribution in [2.75, 3.05) is 0 Å². The summed E-state index contributed by atoms with van der Waals surface area (Å²) in [6.07, 6.45) is -0.401. The van der Waals surface area contributed by atoms with Gasteiger partial charge in [-0.1, -0.05) is 18.2 Å². The summed E-state index contributed by atoms with van der Waals surface area (Å²) in [5, 5.41) is 11.9. The molecule has 0 bridgehead atoms. The number of hydrogen-bond acceptors (Lipinski definition) is 6. The molecule has 0 spiro atoms. The van der Waals surface area contributed by atoms with E-state index in [2.05, 4.69) is 9.68 Å². The van der Waals surface area contributed by atoms with Gasteiger partial charge in [0.2, 0.25) is 0 Å².